The van der Waals surface area contributed by atoms with Gasteiger partial charge in [-0.2, -0.15) is 0 Å². The van der Waals surface area contributed by atoms with Crippen LogP contribution in [0.2, 0.25) is 0 Å². The van der Waals surface area contributed by atoms with Crippen LogP contribution in [0.5, 0.6) is 0 Å². The van der Waals surface area contributed by atoms with Crippen molar-refractivity contribution in [1.82, 2.24) is 10.3 Å². The van der Waals surface area contributed by atoms with Crippen LogP contribution < -0.4 is 5.32 Å². The Morgan fingerprint density at radius 3 is 3.05 bits per heavy atom. The number of carbonyl (C=O) groups is 2. The van der Waals surface area contributed by atoms with E-state index in [1.54, 1.807) is 18.3 Å². The molecule has 7 heteroatoms. The van der Waals surface area contributed by atoms with Gasteiger partial charge in [0.1, 0.15) is 12.7 Å². The number of nitrogens with zero attached hydrogens (tertiary/aromatic N) is 1. The molecule has 0 aliphatic carbocycles. The molecule has 1 saturated heterocycles. The van der Waals surface area contributed by atoms with Crippen molar-refractivity contribution in [2.75, 3.05) is 19.8 Å². The zero-order chi connectivity index (χ0) is 15.1. The van der Waals surface area contributed by atoms with E-state index in [4.69, 9.17) is 14.6 Å². The largest absolute Gasteiger partial charge is 0.480 e. The van der Waals surface area contributed by atoms with E-state index in [0.29, 0.717) is 18.7 Å². The normalized spacial score (nSPS) is 21.7. The Morgan fingerprint density at radius 1 is 1.48 bits per heavy atom. The minimum Gasteiger partial charge on any atom is -0.480 e. The van der Waals surface area contributed by atoms with Gasteiger partial charge >= 0.3 is 5.97 Å². The highest BCUT2D eigenvalue weighted by molar-refractivity contribution is 5.78. The molecular weight excluding hydrogens is 276 g/mol. The topological polar surface area (TPSA) is 97.8 Å². The summed E-state index contributed by atoms with van der Waals surface area (Å²) in [5.74, 6) is -1.20. The molecule has 2 heterocycles. The van der Waals surface area contributed by atoms with Gasteiger partial charge in [0.2, 0.25) is 5.91 Å². The van der Waals surface area contributed by atoms with E-state index < -0.39 is 18.7 Å². The first-order valence-electron chi connectivity index (χ1n) is 6.75. The molecule has 0 radical (unpaired) electrons. The molecule has 21 heavy (non-hydrogen) atoms. The van der Waals surface area contributed by atoms with Crippen LogP contribution in [-0.2, 0) is 25.5 Å². The van der Waals surface area contributed by atoms with Gasteiger partial charge in [-0.25, -0.2) is 4.79 Å². The summed E-state index contributed by atoms with van der Waals surface area (Å²) in [7, 11) is 0. The van der Waals surface area contributed by atoms with Gasteiger partial charge in [0.15, 0.2) is 0 Å². The third kappa shape index (κ3) is 5.13. The molecule has 0 unspecified atom stereocenters. The lowest BCUT2D eigenvalue weighted by Crippen LogP contribution is -2.50. The molecule has 7 nitrogen and oxygen atoms in total. The first-order chi connectivity index (χ1) is 10.1. The number of pyridine rings is 1. The number of ether oxygens (including phenoxy) is 2. The Morgan fingerprint density at radius 2 is 2.33 bits per heavy atom. The summed E-state index contributed by atoms with van der Waals surface area (Å²) in [6.45, 7) is 0.393. The van der Waals surface area contributed by atoms with Crippen LogP contribution in [0, 0.1) is 0 Å². The molecule has 2 N–H and O–H groups in total. The molecule has 2 atom stereocenters. The number of rotatable bonds is 6. The number of amides is 1. The Bertz CT molecular complexity index is 480. The zero-order valence-corrected chi connectivity index (χ0v) is 11.5. The lowest BCUT2D eigenvalue weighted by atomic mass is 10.1. The Balaban J connectivity index is 1.86. The van der Waals surface area contributed by atoms with E-state index >= 15 is 0 Å². The van der Waals surface area contributed by atoms with Gasteiger partial charge in [0, 0.05) is 18.5 Å². The van der Waals surface area contributed by atoms with Gasteiger partial charge in [-0.05, 0) is 18.6 Å². The minimum atomic E-state index is -1.04. The first kappa shape index (κ1) is 15.4. The molecule has 0 bridgehead atoms. The van der Waals surface area contributed by atoms with Crippen molar-refractivity contribution in [3.63, 3.8) is 0 Å². The fourth-order valence-corrected chi connectivity index (χ4v) is 2.14. The van der Waals surface area contributed by atoms with E-state index in [-0.39, 0.29) is 25.0 Å². The van der Waals surface area contributed by atoms with Crippen LogP contribution >= 0.6 is 0 Å². The standard InChI is InChI=1S/C14H18N2O5/c17-13(7-10-3-1-2-5-15-10)16-11-4-6-20-8-12(11)21-9-14(18)19/h1-3,5,11-12H,4,6-9H2,(H,16,17)(H,18,19)/t11-,12-/m1/s1. The average Bonchev–Trinajstić information content (AvgIpc) is 2.47. The molecule has 0 saturated carbocycles. The number of carboxylic acid groups (broad SMARTS) is 1. The number of hydrogen-bond acceptors (Lipinski definition) is 5. The highest BCUT2D eigenvalue weighted by Gasteiger charge is 2.28. The molecular formula is C14H18N2O5. The smallest absolute Gasteiger partial charge is 0.329 e. The highest BCUT2D eigenvalue weighted by Crippen LogP contribution is 2.12. The van der Waals surface area contributed by atoms with Gasteiger partial charge in [-0.1, -0.05) is 6.07 Å². The van der Waals surface area contributed by atoms with E-state index in [2.05, 4.69) is 10.3 Å². The van der Waals surface area contributed by atoms with Crippen LogP contribution in [-0.4, -0.2) is 53.9 Å². The molecule has 114 valence electrons. The number of aromatic nitrogens is 1. The predicted molar refractivity (Wildman–Crippen MR) is 72.7 cm³/mol. The number of aliphatic carboxylic acids is 1. The van der Waals surface area contributed by atoms with Crippen LogP contribution in [0.1, 0.15) is 12.1 Å². The summed E-state index contributed by atoms with van der Waals surface area (Å²) in [6.07, 6.45) is 1.97. The molecule has 1 amide bonds. The summed E-state index contributed by atoms with van der Waals surface area (Å²) >= 11 is 0. The van der Waals surface area contributed by atoms with Gasteiger partial charge in [-0.3, -0.25) is 9.78 Å². The Hall–Kier alpha value is -1.99. The maximum atomic E-state index is 12.0. The fraction of sp³-hybridized carbons (Fsp3) is 0.500. The monoisotopic (exact) mass is 294 g/mol. The summed E-state index contributed by atoms with van der Waals surface area (Å²) in [4.78, 5) is 26.6. The number of hydrogen-bond donors (Lipinski definition) is 2. The van der Waals surface area contributed by atoms with Crippen molar-refractivity contribution < 1.29 is 24.2 Å². The van der Waals surface area contributed by atoms with E-state index in [1.807, 2.05) is 6.07 Å². The maximum Gasteiger partial charge on any atom is 0.329 e. The molecule has 1 fully saturated rings. The molecule has 0 aromatic carbocycles. The first-order valence-corrected chi connectivity index (χ1v) is 6.75. The predicted octanol–water partition coefficient (Wildman–Crippen LogP) is -0.001000. The Kier molecular flexibility index (Phi) is 5.65. The second kappa shape index (κ2) is 7.70. The summed E-state index contributed by atoms with van der Waals surface area (Å²) in [6, 6.07) is 5.15. The molecule has 1 aromatic heterocycles. The quantitative estimate of drug-likeness (QED) is 0.766. The summed E-state index contributed by atoms with van der Waals surface area (Å²) < 4.78 is 10.5. The summed E-state index contributed by atoms with van der Waals surface area (Å²) in [5.41, 5.74) is 0.685. The van der Waals surface area contributed by atoms with E-state index in [1.165, 1.54) is 0 Å². The van der Waals surface area contributed by atoms with Crippen molar-refractivity contribution in [1.29, 1.82) is 0 Å². The lowest BCUT2D eigenvalue weighted by Gasteiger charge is -2.31. The third-order valence-corrected chi connectivity index (χ3v) is 3.14. The van der Waals surface area contributed by atoms with Gasteiger partial charge in [0.05, 0.1) is 19.1 Å². The maximum absolute atomic E-state index is 12.0. The van der Waals surface area contributed by atoms with Crippen molar-refractivity contribution in [2.24, 2.45) is 0 Å². The summed E-state index contributed by atoms with van der Waals surface area (Å²) in [5, 5.41) is 11.5. The average molecular weight is 294 g/mol. The van der Waals surface area contributed by atoms with Gasteiger partial charge in [-0.15, -0.1) is 0 Å². The van der Waals surface area contributed by atoms with Crippen molar-refractivity contribution >= 4 is 11.9 Å². The number of nitrogens with one attached hydrogen (secondary N) is 1. The molecule has 1 aliphatic heterocycles. The second-order valence-corrected chi connectivity index (χ2v) is 4.78. The second-order valence-electron chi connectivity index (χ2n) is 4.78. The fourth-order valence-electron chi connectivity index (χ4n) is 2.14. The molecule has 0 spiro atoms. The van der Waals surface area contributed by atoms with E-state index in [0.717, 1.165) is 0 Å². The van der Waals surface area contributed by atoms with Crippen LogP contribution in [0.25, 0.3) is 0 Å². The number of carbonyl (C=O) groups excluding carboxylic acids is 1. The van der Waals surface area contributed by atoms with Crippen molar-refractivity contribution in [2.45, 2.75) is 25.0 Å². The lowest BCUT2D eigenvalue weighted by molar-refractivity contribution is -0.149. The molecule has 1 aromatic rings. The van der Waals surface area contributed by atoms with Crippen LogP contribution in [0.3, 0.4) is 0 Å². The van der Waals surface area contributed by atoms with Crippen molar-refractivity contribution in [3.8, 4) is 0 Å². The van der Waals surface area contributed by atoms with Crippen molar-refractivity contribution in [3.05, 3.63) is 30.1 Å². The Labute approximate surface area is 122 Å². The zero-order valence-electron chi connectivity index (χ0n) is 11.5. The van der Waals surface area contributed by atoms with E-state index in [9.17, 15) is 9.59 Å². The molecule has 2 rings (SSSR count). The highest BCUT2D eigenvalue weighted by atomic mass is 16.5. The SMILES string of the molecule is O=C(O)CO[C@@H]1COCC[C@H]1NC(=O)Cc1ccccn1. The minimum absolute atomic E-state index is 0.162. The van der Waals surface area contributed by atoms with Crippen LogP contribution in [0.4, 0.5) is 0 Å². The molecule has 1 aliphatic rings. The van der Waals surface area contributed by atoms with Gasteiger partial charge < -0.3 is 19.9 Å². The number of carboxylic acids is 1. The van der Waals surface area contributed by atoms with Crippen LogP contribution in [0.15, 0.2) is 24.4 Å². The third-order valence-electron chi connectivity index (χ3n) is 3.14. The van der Waals surface area contributed by atoms with Gasteiger partial charge in [0.25, 0.3) is 0 Å².